The molecule has 1 rings (SSSR count). The number of carboxylic acid groups (broad SMARTS) is 1. The summed E-state index contributed by atoms with van der Waals surface area (Å²) in [4.78, 5) is 24.9. The van der Waals surface area contributed by atoms with Crippen LogP contribution in [0.1, 0.15) is 48.0 Å². The van der Waals surface area contributed by atoms with E-state index in [0.717, 1.165) is 0 Å². The Hall–Kier alpha value is -1.26. The second kappa shape index (κ2) is 4.14. The normalized spacial score (nSPS) is 27.1. The first-order valence-electron chi connectivity index (χ1n) is 6.11. The van der Waals surface area contributed by atoms with Gasteiger partial charge in [0, 0.05) is 6.54 Å². The number of likely N-dealkylation sites (tertiary alicyclic amines) is 1. The molecule has 104 valence electrons. The van der Waals surface area contributed by atoms with Gasteiger partial charge in [0.2, 0.25) is 0 Å². The van der Waals surface area contributed by atoms with Gasteiger partial charge in [0.15, 0.2) is 0 Å². The van der Waals surface area contributed by atoms with Crippen LogP contribution in [0.15, 0.2) is 0 Å². The monoisotopic (exact) mass is 257 g/mol. The topological polar surface area (TPSA) is 66.8 Å². The molecule has 0 saturated carbocycles. The van der Waals surface area contributed by atoms with Gasteiger partial charge in [-0.1, -0.05) is 13.8 Å². The third-order valence-corrected chi connectivity index (χ3v) is 3.08. The predicted octanol–water partition coefficient (Wildman–Crippen LogP) is 2.50. The van der Waals surface area contributed by atoms with E-state index in [-0.39, 0.29) is 5.41 Å². The Morgan fingerprint density at radius 3 is 2.11 bits per heavy atom. The minimum atomic E-state index is -1.19. The summed E-state index contributed by atoms with van der Waals surface area (Å²) in [5, 5.41) is 9.37. The molecule has 0 bridgehead atoms. The smallest absolute Gasteiger partial charge is 0.411 e. The van der Waals surface area contributed by atoms with E-state index in [2.05, 4.69) is 0 Å². The molecule has 1 aliphatic heterocycles. The standard InChI is InChI=1S/C13H23NO4/c1-11(2,3)18-10(17)14-8-12(4,5)7-13(14,6)9(15)16/h7-8H2,1-6H3,(H,15,16)/t13-/m1/s1. The van der Waals surface area contributed by atoms with E-state index in [1.54, 1.807) is 27.7 Å². The van der Waals surface area contributed by atoms with Crippen molar-refractivity contribution in [3.05, 3.63) is 0 Å². The molecular weight excluding hydrogens is 234 g/mol. The Labute approximate surface area is 108 Å². The lowest BCUT2D eigenvalue weighted by Crippen LogP contribution is -2.52. The van der Waals surface area contributed by atoms with E-state index >= 15 is 0 Å². The van der Waals surface area contributed by atoms with E-state index in [9.17, 15) is 14.7 Å². The molecule has 0 aliphatic carbocycles. The molecule has 1 heterocycles. The van der Waals surface area contributed by atoms with Crippen molar-refractivity contribution in [2.75, 3.05) is 6.54 Å². The minimum Gasteiger partial charge on any atom is -0.480 e. The van der Waals surface area contributed by atoms with E-state index in [4.69, 9.17) is 4.74 Å². The summed E-state index contributed by atoms with van der Waals surface area (Å²) >= 11 is 0. The molecule has 0 aromatic carbocycles. The van der Waals surface area contributed by atoms with Gasteiger partial charge in [-0.15, -0.1) is 0 Å². The minimum absolute atomic E-state index is 0.218. The second-order valence-corrected chi connectivity index (χ2v) is 6.99. The summed E-state index contributed by atoms with van der Waals surface area (Å²) in [5.74, 6) is -0.987. The number of ether oxygens (including phenoxy) is 1. The van der Waals surface area contributed by atoms with Crippen molar-refractivity contribution >= 4 is 12.1 Å². The summed E-state index contributed by atoms with van der Waals surface area (Å²) in [6.07, 6.45) is -0.132. The number of nitrogens with zero attached hydrogens (tertiary/aromatic N) is 1. The fourth-order valence-corrected chi connectivity index (χ4v) is 2.46. The zero-order valence-electron chi connectivity index (χ0n) is 12.0. The molecule has 1 atom stereocenters. The number of rotatable bonds is 1. The molecule has 0 radical (unpaired) electrons. The Balaban J connectivity index is 2.99. The Bertz CT molecular complexity index is 370. The summed E-state index contributed by atoms with van der Waals surface area (Å²) < 4.78 is 5.28. The third kappa shape index (κ3) is 2.94. The van der Waals surface area contributed by atoms with Crippen LogP contribution in [0.25, 0.3) is 0 Å². The molecular formula is C13H23NO4. The SMILES string of the molecule is CC1(C)CN(C(=O)OC(C)(C)C)[C@@](C)(C(=O)O)C1. The number of carboxylic acids is 1. The molecule has 0 spiro atoms. The molecule has 5 nitrogen and oxygen atoms in total. The lowest BCUT2D eigenvalue weighted by atomic mass is 9.85. The molecule has 1 N–H and O–H groups in total. The third-order valence-electron chi connectivity index (χ3n) is 3.08. The number of hydrogen-bond donors (Lipinski definition) is 1. The van der Waals surface area contributed by atoms with E-state index in [1.807, 2.05) is 13.8 Å². The zero-order valence-corrected chi connectivity index (χ0v) is 12.0. The first kappa shape index (κ1) is 14.8. The molecule has 1 fully saturated rings. The number of carbonyl (C=O) groups is 2. The maximum atomic E-state index is 12.1. The largest absolute Gasteiger partial charge is 0.480 e. The fourth-order valence-electron chi connectivity index (χ4n) is 2.46. The van der Waals surface area contributed by atoms with Crippen LogP contribution in [0.5, 0.6) is 0 Å². The van der Waals surface area contributed by atoms with Gasteiger partial charge in [-0.05, 0) is 39.5 Å². The highest BCUT2D eigenvalue weighted by atomic mass is 16.6. The first-order valence-corrected chi connectivity index (χ1v) is 6.11. The number of hydrogen-bond acceptors (Lipinski definition) is 3. The van der Waals surface area contributed by atoms with Crippen LogP contribution in [0, 0.1) is 5.41 Å². The van der Waals surface area contributed by atoms with Gasteiger partial charge in [0.25, 0.3) is 0 Å². The lowest BCUT2D eigenvalue weighted by molar-refractivity contribution is -0.148. The van der Waals surface area contributed by atoms with Gasteiger partial charge in [-0.25, -0.2) is 9.59 Å². The van der Waals surface area contributed by atoms with Crippen molar-refractivity contribution in [3.63, 3.8) is 0 Å². The van der Waals surface area contributed by atoms with Gasteiger partial charge >= 0.3 is 12.1 Å². The van der Waals surface area contributed by atoms with Crippen molar-refractivity contribution in [1.82, 2.24) is 4.90 Å². The Kier molecular flexibility index (Phi) is 3.40. The lowest BCUT2D eigenvalue weighted by Gasteiger charge is -2.32. The van der Waals surface area contributed by atoms with Crippen LogP contribution in [0.4, 0.5) is 4.79 Å². The maximum absolute atomic E-state index is 12.1. The predicted molar refractivity (Wildman–Crippen MR) is 67.4 cm³/mol. The molecule has 0 aromatic heterocycles. The van der Waals surface area contributed by atoms with E-state index in [1.165, 1.54) is 4.90 Å². The van der Waals surface area contributed by atoms with Crippen LogP contribution in [0.2, 0.25) is 0 Å². The molecule has 1 amide bonds. The van der Waals surface area contributed by atoms with Gasteiger partial charge in [0.1, 0.15) is 11.1 Å². The fraction of sp³-hybridized carbons (Fsp3) is 0.846. The second-order valence-electron chi connectivity index (χ2n) is 6.99. The molecule has 0 aromatic rings. The van der Waals surface area contributed by atoms with Crippen LogP contribution in [-0.2, 0) is 9.53 Å². The van der Waals surface area contributed by atoms with Gasteiger partial charge in [-0.3, -0.25) is 4.90 Å². The molecule has 1 saturated heterocycles. The van der Waals surface area contributed by atoms with Gasteiger partial charge in [-0.2, -0.15) is 0 Å². The Morgan fingerprint density at radius 2 is 1.72 bits per heavy atom. The van der Waals surface area contributed by atoms with E-state index < -0.39 is 23.2 Å². The van der Waals surface area contributed by atoms with Crippen molar-refractivity contribution in [1.29, 1.82) is 0 Å². The van der Waals surface area contributed by atoms with Gasteiger partial charge in [0.05, 0.1) is 0 Å². The van der Waals surface area contributed by atoms with Crippen LogP contribution < -0.4 is 0 Å². The molecule has 18 heavy (non-hydrogen) atoms. The first-order chi connectivity index (χ1) is 7.87. The van der Waals surface area contributed by atoms with Crippen LogP contribution in [-0.4, -0.2) is 39.8 Å². The summed E-state index contributed by atoms with van der Waals surface area (Å²) in [7, 11) is 0. The average Bonchev–Trinajstić information content (AvgIpc) is 2.34. The van der Waals surface area contributed by atoms with E-state index in [0.29, 0.717) is 13.0 Å². The molecule has 5 heteroatoms. The average molecular weight is 257 g/mol. The summed E-state index contributed by atoms with van der Waals surface area (Å²) in [6, 6.07) is 0. The summed E-state index contributed by atoms with van der Waals surface area (Å²) in [5.41, 5.74) is -2.03. The summed E-state index contributed by atoms with van der Waals surface area (Å²) in [6.45, 7) is 11.2. The van der Waals surface area contributed by atoms with Crippen LogP contribution in [0.3, 0.4) is 0 Å². The van der Waals surface area contributed by atoms with Crippen LogP contribution >= 0.6 is 0 Å². The van der Waals surface area contributed by atoms with Crippen molar-refractivity contribution < 1.29 is 19.4 Å². The number of aliphatic carboxylic acids is 1. The van der Waals surface area contributed by atoms with Crippen molar-refractivity contribution in [2.45, 2.75) is 59.1 Å². The quantitative estimate of drug-likeness (QED) is 0.783. The molecule has 0 unspecified atom stereocenters. The highest BCUT2D eigenvalue weighted by Crippen LogP contribution is 2.41. The number of carbonyl (C=O) groups excluding carboxylic acids is 1. The van der Waals surface area contributed by atoms with Crippen molar-refractivity contribution in [3.8, 4) is 0 Å². The highest BCUT2D eigenvalue weighted by Gasteiger charge is 2.54. The maximum Gasteiger partial charge on any atom is 0.411 e. The zero-order chi connectivity index (χ0) is 14.4. The highest BCUT2D eigenvalue weighted by molar-refractivity contribution is 5.85. The number of amides is 1. The Morgan fingerprint density at radius 1 is 1.22 bits per heavy atom. The van der Waals surface area contributed by atoms with Crippen molar-refractivity contribution in [2.24, 2.45) is 5.41 Å². The van der Waals surface area contributed by atoms with Gasteiger partial charge < -0.3 is 9.84 Å². The molecule has 1 aliphatic rings.